The van der Waals surface area contributed by atoms with Gasteiger partial charge in [0.1, 0.15) is 11.6 Å². The van der Waals surface area contributed by atoms with Crippen LogP contribution in [-0.2, 0) is 19.8 Å². The highest BCUT2D eigenvalue weighted by Gasteiger charge is 2.36. The number of pyridine rings is 1. The van der Waals surface area contributed by atoms with Gasteiger partial charge in [0.15, 0.2) is 5.69 Å². The number of alkyl halides is 3. The van der Waals surface area contributed by atoms with Crippen LogP contribution in [-0.4, -0.2) is 31.2 Å². The molecule has 0 saturated heterocycles. The summed E-state index contributed by atoms with van der Waals surface area (Å²) in [6.45, 7) is 2.98. The molecule has 13 heteroatoms. The maximum absolute atomic E-state index is 15.9. The minimum atomic E-state index is -4.92. The summed E-state index contributed by atoms with van der Waals surface area (Å²) in [6.07, 6.45) is -2.48. The van der Waals surface area contributed by atoms with Crippen LogP contribution < -0.4 is 10.9 Å². The van der Waals surface area contributed by atoms with Crippen LogP contribution in [0.15, 0.2) is 66.0 Å². The SMILES string of the molecule is Cc1cc([C@H](C)NC(=O)c2cc(Cn3ccn(C)c3=NC(=O)O)cc(-c3cccnc3C(F)(F)F)c2F)ccc1F. The largest absolute Gasteiger partial charge is 0.463 e. The first-order valence-corrected chi connectivity index (χ1v) is 12.2. The van der Waals surface area contributed by atoms with E-state index in [1.165, 1.54) is 58.9 Å². The number of carboxylic acid groups (broad SMARTS) is 1. The molecule has 4 aromatic rings. The second-order valence-electron chi connectivity index (χ2n) is 9.34. The molecule has 0 saturated carbocycles. The molecule has 41 heavy (non-hydrogen) atoms. The Kier molecular flexibility index (Phi) is 8.08. The number of nitrogens with zero attached hydrogens (tertiary/aromatic N) is 4. The Morgan fingerprint density at radius 2 is 1.83 bits per heavy atom. The van der Waals surface area contributed by atoms with Crippen LogP contribution in [0, 0.1) is 18.6 Å². The van der Waals surface area contributed by atoms with Crippen molar-refractivity contribution in [2.24, 2.45) is 12.0 Å². The average Bonchev–Trinajstić information content (AvgIpc) is 3.23. The van der Waals surface area contributed by atoms with E-state index in [9.17, 15) is 27.2 Å². The number of benzene rings is 2. The lowest BCUT2D eigenvalue weighted by Crippen LogP contribution is -2.28. The van der Waals surface area contributed by atoms with Gasteiger partial charge in [0.2, 0.25) is 5.62 Å². The van der Waals surface area contributed by atoms with Gasteiger partial charge in [-0.15, -0.1) is 4.99 Å². The summed E-state index contributed by atoms with van der Waals surface area (Å²) in [5, 5.41) is 11.7. The van der Waals surface area contributed by atoms with E-state index >= 15 is 4.39 Å². The molecule has 2 aromatic carbocycles. The molecule has 0 bridgehead atoms. The Morgan fingerprint density at radius 1 is 1.10 bits per heavy atom. The molecule has 0 spiro atoms. The van der Waals surface area contributed by atoms with E-state index in [0.717, 1.165) is 18.3 Å². The number of carbonyl (C=O) groups is 2. The van der Waals surface area contributed by atoms with E-state index in [-0.39, 0.29) is 17.7 Å². The van der Waals surface area contributed by atoms with Gasteiger partial charge < -0.3 is 19.6 Å². The minimum Gasteiger partial charge on any atom is -0.463 e. The Balaban J connectivity index is 1.85. The lowest BCUT2D eigenvalue weighted by atomic mass is 9.96. The molecule has 1 atom stereocenters. The summed E-state index contributed by atoms with van der Waals surface area (Å²) in [5.41, 5.74) is -1.95. The fourth-order valence-corrected chi connectivity index (χ4v) is 4.35. The molecule has 0 unspecified atom stereocenters. The zero-order valence-electron chi connectivity index (χ0n) is 22.0. The van der Waals surface area contributed by atoms with Gasteiger partial charge in [-0.05, 0) is 54.8 Å². The van der Waals surface area contributed by atoms with Gasteiger partial charge in [0.25, 0.3) is 5.91 Å². The zero-order valence-corrected chi connectivity index (χ0v) is 22.0. The Bertz CT molecular complexity index is 1710. The van der Waals surface area contributed by atoms with Crippen LogP contribution >= 0.6 is 0 Å². The number of aromatic nitrogens is 3. The van der Waals surface area contributed by atoms with Gasteiger partial charge in [-0.3, -0.25) is 9.78 Å². The van der Waals surface area contributed by atoms with Gasteiger partial charge in [0.05, 0.1) is 18.2 Å². The Morgan fingerprint density at radius 3 is 2.49 bits per heavy atom. The first kappa shape index (κ1) is 29.2. The molecule has 0 aliphatic rings. The van der Waals surface area contributed by atoms with Crippen molar-refractivity contribution in [1.82, 2.24) is 19.4 Å². The van der Waals surface area contributed by atoms with Gasteiger partial charge >= 0.3 is 12.3 Å². The molecule has 2 heterocycles. The quantitative estimate of drug-likeness (QED) is 0.293. The van der Waals surface area contributed by atoms with Crippen LogP contribution in [0.4, 0.5) is 26.7 Å². The molecule has 2 amide bonds. The highest BCUT2D eigenvalue weighted by Crippen LogP contribution is 2.37. The van der Waals surface area contributed by atoms with Gasteiger partial charge in [-0.1, -0.05) is 18.2 Å². The predicted molar refractivity (Wildman–Crippen MR) is 138 cm³/mol. The zero-order chi connectivity index (χ0) is 30.1. The van der Waals surface area contributed by atoms with Crippen molar-refractivity contribution in [3.8, 4) is 11.1 Å². The molecular formula is C28H24F5N5O3. The van der Waals surface area contributed by atoms with Crippen LogP contribution in [0.2, 0.25) is 0 Å². The molecule has 4 rings (SSSR count). The molecule has 0 aliphatic carbocycles. The third kappa shape index (κ3) is 6.34. The van der Waals surface area contributed by atoms with Crippen LogP contribution in [0.3, 0.4) is 0 Å². The third-order valence-electron chi connectivity index (χ3n) is 6.36. The van der Waals surface area contributed by atoms with Crippen LogP contribution in [0.5, 0.6) is 0 Å². The van der Waals surface area contributed by atoms with Crippen LogP contribution in [0.1, 0.15) is 45.7 Å². The van der Waals surface area contributed by atoms with E-state index in [4.69, 9.17) is 5.11 Å². The monoisotopic (exact) mass is 573 g/mol. The number of rotatable bonds is 6. The lowest BCUT2D eigenvalue weighted by molar-refractivity contribution is -0.140. The number of imidazole rings is 1. The molecule has 2 aromatic heterocycles. The first-order valence-electron chi connectivity index (χ1n) is 12.2. The summed E-state index contributed by atoms with van der Waals surface area (Å²) >= 11 is 0. The molecule has 214 valence electrons. The van der Waals surface area contributed by atoms with Crippen molar-refractivity contribution in [3.63, 3.8) is 0 Å². The number of aryl methyl sites for hydroxylation is 2. The van der Waals surface area contributed by atoms with E-state index in [1.54, 1.807) is 13.8 Å². The van der Waals surface area contributed by atoms with E-state index in [1.807, 2.05) is 0 Å². The summed E-state index contributed by atoms with van der Waals surface area (Å²) in [4.78, 5) is 31.4. The molecule has 0 aliphatic heterocycles. The smallest absolute Gasteiger partial charge is 0.434 e. The number of amides is 2. The van der Waals surface area contributed by atoms with Crippen molar-refractivity contribution < 1.29 is 36.6 Å². The number of nitrogens with one attached hydrogen (secondary N) is 1. The van der Waals surface area contributed by atoms with Crippen molar-refractivity contribution in [2.45, 2.75) is 32.6 Å². The molecule has 0 radical (unpaired) electrons. The highest BCUT2D eigenvalue weighted by atomic mass is 19.4. The predicted octanol–water partition coefficient (Wildman–Crippen LogP) is 5.61. The third-order valence-corrected chi connectivity index (χ3v) is 6.36. The summed E-state index contributed by atoms with van der Waals surface area (Å²) < 4.78 is 73.8. The fourth-order valence-electron chi connectivity index (χ4n) is 4.35. The second kappa shape index (κ2) is 11.4. The molecule has 0 fully saturated rings. The maximum atomic E-state index is 15.9. The van der Waals surface area contributed by atoms with Gasteiger partial charge in [-0.25, -0.2) is 13.6 Å². The molecule has 8 nitrogen and oxygen atoms in total. The van der Waals surface area contributed by atoms with Gasteiger partial charge in [0, 0.05) is 36.8 Å². The maximum Gasteiger partial charge on any atom is 0.434 e. The highest BCUT2D eigenvalue weighted by molar-refractivity contribution is 5.96. The Hall–Kier alpha value is -4.81. The first-order chi connectivity index (χ1) is 19.3. The Labute approximate surface area is 230 Å². The number of hydrogen-bond donors (Lipinski definition) is 2. The number of halogens is 5. The van der Waals surface area contributed by atoms with Crippen molar-refractivity contribution in [2.75, 3.05) is 0 Å². The fraction of sp³-hybridized carbons (Fsp3) is 0.214. The van der Waals surface area contributed by atoms with Crippen molar-refractivity contribution >= 4 is 12.0 Å². The summed E-state index contributed by atoms with van der Waals surface area (Å²) in [5.74, 6) is -2.58. The topological polar surface area (TPSA) is 102 Å². The molecular weight excluding hydrogens is 549 g/mol. The van der Waals surface area contributed by atoms with Crippen molar-refractivity contribution in [1.29, 1.82) is 0 Å². The lowest BCUT2D eigenvalue weighted by Gasteiger charge is -2.18. The molecule has 2 N–H and O–H groups in total. The number of hydrogen-bond acceptors (Lipinski definition) is 3. The van der Waals surface area contributed by atoms with E-state index in [2.05, 4.69) is 15.3 Å². The average molecular weight is 574 g/mol. The van der Waals surface area contributed by atoms with Gasteiger partial charge in [-0.2, -0.15) is 13.2 Å². The van der Waals surface area contributed by atoms with E-state index < -0.39 is 58.2 Å². The number of carbonyl (C=O) groups excluding carboxylic acids is 1. The minimum absolute atomic E-state index is 0.00737. The van der Waals surface area contributed by atoms with Crippen LogP contribution in [0.25, 0.3) is 11.1 Å². The normalized spacial score (nSPS) is 12.8. The van der Waals surface area contributed by atoms with E-state index in [0.29, 0.717) is 11.1 Å². The summed E-state index contributed by atoms with van der Waals surface area (Å²) in [7, 11) is 1.54. The van der Waals surface area contributed by atoms with Crippen molar-refractivity contribution in [3.05, 3.63) is 106 Å². The standard InChI is InChI=1S/C28H24F5N5O3/c1-15-11-18(6-7-22(15)29)16(2)35-25(39)21-13-17(14-38-10-9-37(3)26(38)36-27(40)41)12-20(23(21)30)19-5-4-8-34-24(19)28(31,32)33/h4-13,16H,14H2,1-3H3,(H,35,39)(H,40,41)/t16-/m0/s1. The second-order valence-corrected chi connectivity index (χ2v) is 9.34. The summed E-state index contributed by atoms with van der Waals surface area (Å²) in [6, 6.07) is 8.07.